The Morgan fingerprint density at radius 1 is 1.25 bits per heavy atom. The first-order valence-corrected chi connectivity index (χ1v) is 9.72. The van der Waals surface area contributed by atoms with Crippen molar-refractivity contribution in [1.82, 2.24) is 5.27 Å². The molecule has 2 aromatic carbocycles. The van der Waals surface area contributed by atoms with Crippen molar-refractivity contribution in [3.63, 3.8) is 0 Å². The molecule has 1 atom stereocenters. The molecule has 28 heavy (non-hydrogen) atoms. The summed E-state index contributed by atoms with van der Waals surface area (Å²) in [5, 5.41) is 5.38. The Balaban J connectivity index is 1.83. The van der Waals surface area contributed by atoms with Crippen molar-refractivity contribution in [2.45, 2.75) is 30.5 Å². The van der Waals surface area contributed by atoms with E-state index in [1.54, 1.807) is 31.4 Å². The van der Waals surface area contributed by atoms with Crippen LogP contribution in [0, 0.1) is 6.92 Å². The van der Waals surface area contributed by atoms with Gasteiger partial charge in [-0.25, -0.2) is 4.79 Å². The number of aromatic nitrogens is 2. The van der Waals surface area contributed by atoms with E-state index in [4.69, 9.17) is 9.26 Å². The van der Waals surface area contributed by atoms with Crippen LogP contribution in [-0.2, 0) is 4.79 Å². The smallest absolute Gasteiger partial charge is 0.442 e. The van der Waals surface area contributed by atoms with Gasteiger partial charge >= 0.3 is 10.7 Å². The number of nitrogens with one attached hydrogen (secondary N) is 2. The zero-order valence-electron chi connectivity index (χ0n) is 15.9. The SMILES string of the molecule is CCC(Sc1c(=O)o[nH][n+]1-c1ccc(OC)cc1)C(=O)Nc1ccccc1C. The van der Waals surface area contributed by atoms with Gasteiger partial charge in [0.15, 0.2) is 0 Å². The number of benzene rings is 2. The Morgan fingerprint density at radius 3 is 2.61 bits per heavy atom. The maximum absolute atomic E-state index is 12.8. The molecule has 1 unspecified atom stereocenters. The molecule has 0 aliphatic heterocycles. The highest BCUT2D eigenvalue weighted by atomic mass is 32.2. The molecule has 146 valence electrons. The number of amides is 1. The third-order valence-electron chi connectivity index (χ3n) is 4.26. The lowest BCUT2D eigenvalue weighted by atomic mass is 10.2. The number of aryl methyl sites for hydroxylation is 1. The van der Waals surface area contributed by atoms with E-state index in [0.717, 1.165) is 11.3 Å². The van der Waals surface area contributed by atoms with Crippen LogP contribution < -0.4 is 20.4 Å². The molecule has 0 fully saturated rings. The molecule has 0 saturated heterocycles. The van der Waals surface area contributed by atoms with Gasteiger partial charge in [-0.05, 0) is 58.8 Å². The van der Waals surface area contributed by atoms with Crippen LogP contribution in [0.4, 0.5) is 5.69 Å². The first-order valence-electron chi connectivity index (χ1n) is 8.84. The second-order valence-corrected chi connectivity index (χ2v) is 7.33. The highest BCUT2D eigenvalue weighted by molar-refractivity contribution is 8.00. The van der Waals surface area contributed by atoms with Crippen LogP contribution in [0.5, 0.6) is 5.75 Å². The van der Waals surface area contributed by atoms with Crippen molar-refractivity contribution in [2.75, 3.05) is 12.4 Å². The topological polar surface area (TPSA) is 88.2 Å². The van der Waals surface area contributed by atoms with Crippen molar-refractivity contribution in [3.8, 4) is 11.4 Å². The first kappa shape index (κ1) is 19.8. The zero-order valence-corrected chi connectivity index (χ0v) is 16.7. The van der Waals surface area contributed by atoms with E-state index >= 15 is 0 Å². The van der Waals surface area contributed by atoms with Crippen LogP contribution in [-0.4, -0.2) is 23.5 Å². The average molecular weight is 400 g/mol. The molecule has 1 amide bonds. The summed E-state index contributed by atoms with van der Waals surface area (Å²) < 4.78 is 11.6. The van der Waals surface area contributed by atoms with E-state index in [-0.39, 0.29) is 5.91 Å². The molecule has 3 aromatic rings. The second kappa shape index (κ2) is 8.79. The quantitative estimate of drug-likeness (QED) is 0.470. The minimum absolute atomic E-state index is 0.163. The van der Waals surface area contributed by atoms with Gasteiger partial charge in [0.2, 0.25) is 11.6 Å². The predicted molar refractivity (Wildman–Crippen MR) is 107 cm³/mol. The molecule has 0 spiro atoms. The van der Waals surface area contributed by atoms with Gasteiger partial charge in [0.05, 0.1) is 12.4 Å². The summed E-state index contributed by atoms with van der Waals surface area (Å²) in [6, 6.07) is 14.7. The number of hydrogen-bond acceptors (Lipinski definition) is 5. The number of nitrogens with zero attached hydrogens (tertiary/aromatic N) is 1. The third-order valence-corrected chi connectivity index (χ3v) is 5.66. The van der Waals surface area contributed by atoms with Gasteiger partial charge in [-0.1, -0.05) is 25.1 Å². The van der Waals surface area contributed by atoms with Crippen molar-refractivity contribution in [1.29, 1.82) is 0 Å². The molecule has 1 heterocycles. The van der Waals surface area contributed by atoms with Crippen molar-refractivity contribution in [3.05, 3.63) is 64.5 Å². The summed E-state index contributed by atoms with van der Waals surface area (Å²) in [7, 11) is 1.59. The van der Waals surface area contributed by atoms with E-state index in [9.17, 15) is 9.59 Å². The number of carbonyl (C=O) groups is 1. The van der Waals surface area contributed by atoms with E-state index in [1.165, 1.54) is 16.4 Å². The first-order chi connectivity index (χ1) is 13.5. The van der Waals surface area contributed by atoms with E-state index in [2.05, 4.69) is 10.6 Å². The molecule has 1 aromatic heterocycles. The fourth-order valence-corrected chi connectivity index (χ4v) is 3.64. The molecular weight excluding hydrogens is 378 g/mol. The highest BCUT2D eigenvalue weighted by Gasteiger charge is 2.30. The molecule has 0 aliphatic rings. The number of hydrogen-bond donors (Lipinski definition) is 2. The van der Waals surface area contributed by atoms with Crippen molar-refractivity contribution >= 4 is 23.4 Å². The minimum Gasteiger partial charge on any atom is -0.497 e. The average Bonchev–Trinajstić information content (AvgIpc) is 3.08. The molecule has 3 rings (SSSR count). The Morgan fingerprint density at radius 2 is 1.96 bits per heavy atom. The normalized spacial score (nSPS) is 11.8. The second-order valence-electron chi connectivity index (χ2n) is 6.14. The van der Waals surface area contributed by atoms with Gasteiger partial charge in [-0.2, -0.15) is 0 Å². The van der Waals surface area contributed by atoms with E-state index in [0.29, 0.717) is 22.9 Å². The van der Waals surface area contributed by atoms with Gasteiger partial charge in [-0.3, -0.25) is 9.32 Å². The maximum Gasteiger partial charge on any atom is 0.442 e. The fourth-order valence-electron chi connectivity index (χ4n) is 2.65. The third kappa shape index (κ3) is 4.28. The summed E-state index contributed by atoms with van der Waals surface area (Å²) in [6.07, 6.45) is 0.551. The number of H-pyrrole nitrogens is 1. The molecular formula is C20H22N3O4S+. The maximum atomic E-state index is 12.8. The minimum atomic E-state index is -0.525. The Bertz CT molecular complexity index is 1010. The van der Waals surface area contributed by atoms with Crippen LogP contribution in [0.1, 0.15) is 18.9 Å². The number of anilines is 1. The van der Waals surface area contributed by atoms with E-state index < -0.39 is 10.9 Å². The van der Waals surface area contributed by atoms with Crippen LogP contribution in [0.15, 0.2) is 62.9 Å². The van der Waals surface area contributed by atoms with Gasteiger partial charge in [0.1, 0.15) is 5.75 Å². The highest BCUT2D eigenvalue weighted by Crippen LogP contribution is 2.24. The number of rotatable bonds is 7. The summed E-state index contributed by atoms with van der Waals surface area (Å²) in [4.78, 5) is 25.0. The Kier molecular flexibility index (Phi) is 6.20. The molecule has 8 heteroatoms. The standard InChI is InChI=1S/C20H21N3O4S/c1-4-17(18(24)21-16-8-6-5-7-13(16)2)28-19-20(25)27-22-23(19)14-9-11-15(26-3)12-10-14/h5-12,17H,4H2,1-3H3,(H-,21,22,24,25)/p+1. The molecule has 0 aliphatic carbocycles. The Labute approximate surface area is 166 Å². The lowest BCUT2D eigenvalue weighted by molar-refractivity contribution is -0.704. The molecule has 0 radical (unpaired) electrons. The number of carbonyl (C=O) groups excluding carboxylic acids is 1. The molecule has 0 bridgehead atoms. The fraction of sp³-hybridized carbons (Fsp3) is 0.250. The summed E-state index contributed by atoms with van der Waals surface area (Å²) in [6.45, 7) is 3.84. The summed E-state index contributed by atoms with van der Waals surface area (Å²) in [5.41, 5.74) is 1.91. The van der Waals surface area contributed by atoms with Gasteiger partial charge in [-0.15, -0.1) is 0 Å². The lowest BCUT2D eigenvalue weighted by Gasteiger charge is -2.13. The van der Waals surface area contributed by atoms with Gasteiger partial charge in [0, 0.05) is 17.8 Å². The van der Waals surface area contributed by atoms with Crippen LogP contribution >= 0.6 is 11.8 Å². The van der Waals surface area contributed by atoms with Crippen molar-refractivity contribution < 1.29 is 18.7 Å². The van der Waals surface area contributed by atoms with Crippen molar-refractivity contribution in [2.24, 2.45) is 0 Å². The number of para-hydroxylation sites is 1. The number of thioether (sulfide) groups is 1. The largest absolute Gasteiger partial charge is 0.497 e. The molecule has 2 N–H and O–H groups in total. The molecule has 7 nitrogen and oxygen atoms in total. The number of ether oxygens (including phenoxy) is 1. The van der Waals surface area contributed by atoms with Gasteiger partial charge < -0.3 is 10.1 Å². The van der Waals surface area contributed by atoms with Crippen LogP contribution in [0.25, 0.3) is 5.69 Å². The zero-order chi connectivity index (χ0) is 20.1. The monoisotopic (exact) mass is 400 g/mol. The summed E-state index contributed by atoms with van der Waals surface area (Å²) in [5.74, 6) is 0.539. The molecule has 0 saturated carbocycles. The number of aromatic amines is 1. The number of methoxy groups -OCH3 is 1. The van der Waals surface area contributed by atoms with E-state index in [1.807, 2.05) is 38.1 Å². The predicted octanol–water partition coefficient (Wildman–Crippen LogP) is 3.07. The van der Waals surface area contributed by atoms with Crippen LogP contribution in [0.2, 0.25) is 0 Å². The Hall–Kier alpha value is -3.00. The van der Waals surface area contributed by atoms with Gasteiger partial charge in [0.25, 0.3) is 0 Å². The van der Waals surface area contributed by atoms with Crippen LogP contribution in [0.3, 0.4) is 0 Å². The summed E-state index contributed by atoms with van der Waals surface area (Å²) >= 11 is 1.17. The lowest BCUT2D eigenvalue weighted by Crippen LogP contribution is -2.37.